The van der Waals surface area contributed by atoms with Gasteiger partial charge in [-0.3, -0.25) is 9.69 Å². The lowest BCUT2D eigenvalue weighted by atomic mass is 10.2. The number of hydrogen-bond donors (Lipinski definition) is 1. The van der Waals surface area contributed by atoms with Crippen LogP contribution in [-0.4, -0.2) is 42.0 Å². The van der Waals surface area contributed by atoms with E-state index in [1.807, 2.05) is 34.0 Å². The zero-order valence-electron chi connectivity index (χ0n) is 15.8. The zero-order chi connectivity index (χ0) is 19.0. The number of rotatable bonds is 4. The van der Waals surface area contributed by atoms with Crippen LogP contribution in [0.2, 0.25) is 0 Å². The van der Waals surface area contributed by atoms with E-state index >= 15 is 0 Å². The number of urea groups is 1. The molecular formula is C20H24N4O2. The number of nitrogens with one attached hydrogen (secondary N) is 1. The Bertz CT molecular complexity index is 891. The van der Waals surface area contributed by atoms with E-state index in [-0.39, 0.29) is 11.9 Å². The van der Waals surface area contributed by atoms with Gasteiger partial charge in [-0.15, -0.1) is 0 Å². The van der Waals surface area contributed by atoms with Crippen LogP contribution in [0.4, 0.5) is 10.5 Å². The van der Waals surface area contributed by atoms with Crippen LogP contribution in [0.5, 0.6) is 0 Å². The van der Waals surface area contributed by atoms with Gasteiger partial charge in [-0.25, -0.2) is 4.79 Å². The molecular weight excluding hydrogens is 328 g/mol. The number of likely N-dealkylation sites (N-methyl/N-ethyl adjacent to an activating group) is 1. The second-order valence-corrected chi connectivity index (χ2v) is 6.61. The number of hydrogen-bond acceptors (Lipinski definition) is 3. The Morgan fingerprint density at radius 2 is 1.77 bits per heavy atom. The van der Waals surface area contributed by atoms with Gasteiger partial charge in [-0.1, -0.05) is 0 Å². The molecule has 26 heavy (non-hydrogen) atoms. The molecule has 1 aromatic heterocycles. The van der Waals surface area contributed by atoms with Crippen LogP contribution in [0, 0.1) is 13.8 Å². The number of imide groups is 1. The maximum atomic E-state index is 12.3. The maximum Gasteiger partial charge on any atom is 0.328 e. The first-order chi connectivity index (χ1) is 12.3. The SMILES string of the molecule is CCN1C(=O)N/C(=C\c2cc(C)n(-c3ccc(N(C)C)cc3)c2C)C1=O. The Morgan fingerprint density at radius 1 is 1.12 bits per heavy atom. The van der Waals surface area contributed by atoms with Crippen molar-refractivity contribution >= 4 is 23.7 Å². The molecule has 1 aliphatic rings. The summed E-state index contributed by atoms with van der Waals surface area (Å²) in [5, 5.41) is 2.65. The Labute approximate surface area is 153 Å². The van der Waals surface area contributed by atoms with E-state index in [4.69, 9.17) is 0 Å². The highest BCUT2D eigenvalue weighted by atomic mass is 16.2. The molecule has 3 amide bonds. The standard InChI is InChI=1S/C20H24N4O2/c1-6-23-19(25)18(21-20(23)26)12-15-11-13(2)24(14(15)3)17-9-7-16(8-10-17)22(4)5/h7-12H,6H2,1-5H3,(H,21,26)/b18-12-. The first-order valence-corrected chi connectivity index (χ1v) is 8.64. The monoisotopic (exact) mass is 352 g/mol. The van der Waals surface area contributed by atoms with Crippen LogP contribution < -0.4 is 10.2 Å². The fourth-order valence-corrected chi connectivity index (χ4v) is 3.25. The summed E-state index contributed by atoms with van der Waals surface area (Å²) in [6, 6.07) is 9.97. The highest BCUT2D eigenvalue weighted by molar-refractivity contribution is 6.14. The third-order valence-electron chi connectivity index (χ3n) is 4.67. The van der Waals surface area contributed by atoms with Crippen molar-refractivity contribution in [2.45, 2.75) is 20.8 Å². The van der Waals surface area contributed by atoms with E-state index in [0.29, 0.717) is 12.2 Å². The number of carbonyl (C=O) groups is 2. The number of amides is 3. The third kappa shape index (κ3) is 2.98. The van der Waals surface area contributed by atoms with Crippen molar-refractivity contribution in [1.82, 2.24) is 14.8 Å². The highest BCUT2D eigenvalue weighted by Crippen LogP contribution is 2.25. The van der Waals surface area contributed by atoms with Gasteiger partial charge in [0.1, 0.15) is 5.70 Å². The molecule has 136 valence electrons. The number of benzene rings is 1. The molecule has 1 fully saturated rings. The molecule has 1 aliphatic heterocycles. The van der Waals surface area contributed by atoms with Gasteiger partial charge in [0.25, 0.3) is 5.91 Å². The summed E-state index contributed by atoms with van der Waals surface area (Å²) < 4.78 is 2.14. The number of nitrogens with zero attached hydrogens (tertiary/aromatic N) is 3. The van der Waals surface area contributed by atoms with Crippen LogP contribution >= 0.6 is 0 Å². The van der Waals surface area contributed by atoms with Crippen molar-refractivity contribution < 1.29 is 9.59 Å². The molecule has 1 aromatic carbocycles. The Hall–Kier alpha value is -3.02. The molecule has 0 radical (unpaired) electrons. The Kier molecular flexibility index (Phi) is 4.59. The molecule has 2 aromatic rings. The summed E-state index contributed by atoms with van der Waals surface area (Å²) in [5.74, 6) is -0.280. The number of carbonyl (C=O) groups excluding carboxylic acids is 2. The number of aromatic nitrogens is 1. The van der Waals surface area contributed by atoms with Crippen LogP contribution in [0.1, 0.15) is 23.9 Å². The minimum absolute atomic E-state index is 0.280. The smallest absolute Gasteiger partial charge is 0.328 e. The van der Waals surface area contributed by atoms with Crippen molar-refractivity contribution in [2.75, 3.05) is 25.5 Å². The van der Waals surface area contributed by atoms with Gasteiger partial charge < -0.3 is 14.8 Å². The molecule has 0 unspecified atom stereocenters. The molecule has 6 nitrogen and oxygen atoms in total. The van der Waals surface area contributed by atoms with Gasteiger partial charge in [0, 0.05) is 43.4 Å². The molecule has 3 rings (SSSR count). The van der Waals surface area contributed by atoms with Crippen molar-refractivity contribution in [2.24, 2.45) is 0 Å². The van der Waals surface area contributed by atoms with Crippen molar-refractivity contribution in [3.8, 4) is 5.69 Å². The Balaban J connectivity index is 1.98. The first-order valence-electron chi connectivity index (χ1n) is 8.64. The topological polar surface area (TPSA) is 57.6 Å². The number of anilines is 1. The predicted octanol–water partition coefficient (Wildman–Crippen LogP) is 3.07. The summed E-state index contributed by atoms with van der Waals surface area (Å²) in [4.78, 5) is 27.4. The van der Waals surface area contributed by atoms with Gasteiger partial charge in [-0.05, 0) is 62.7 Å². The molecule has 1 N–H and O–H groups in total. The van der Waals surface area contributed by atoms with Gasteiger partial charge in [0.2, 0.25) is 0 Å². The molecule has 6 heteroatoms. The van der Waals surface area contributed by atoms with E-state index in [1.165, 1.54) is 4.90 Å². The normalized spacial score (nSPS) is 15.7. The summed E-state index contributed by atoms with van der Waals surface area (Å²) in [6.45, 7) is 6.18. The lowest BCUT2D eigenvalue weighted by Gasteiger charge is -2.14. The van der Waals surface area contributed by atoms with Crippen LogP contribution in [0.25, 0.3) is 11.8 Å². The quantitative estimate of drug-likeness (QED) is 0.680. The maximum absolute atomic E-state index is 12.3. The van der Waals surface area contributed by atoms with E-state index in [1.54, 1.807) is 13.0 Å². The minimum atomic E-state index is -0.364. The van der Waals surface area contributed by atoms with Crippen LogP contribution in [0.15, 0.2) is 36.0 Å². The summed E-state index contributed by atoms with van der Waals surface area (Å²) >= 11 is 0. The minimum Gasteiger partial charge on any atom is -0.378 e. The van der Waals surface area contributed by atoms with E-state index in [0.717, 1.165) is 28.3 Å². The number of aryl methyl sites for hydroxylation is 1. The van der Waals surface area contributed by atoms with Gasteiger partial charge in [0.15, 0.2) is 0 Å². The van der Waals surface area contributed by atoms with Gasteiger partial charge >= 0.3 is 6.03 Å². The molecule has 1 saturated heterocycles. The lowest BCUT2D eigenvalue weighted by Crippen LogP contribution is -2.30. The molecule has 0 saturated carbocycles. The predicted molar refractivity (Wildman–Crippen MR) is 103 cm³/mol. The molecule has 2 heterocycles. The fraction of sp³-hybridized carbons (Fsp3) is 0.300. The van der Waals surface area contributed by atoms with E-state index < -0.39 is 0 Å². The summed E-state index contributed by atoms with van der Waals surface area (Å²) in [6.07, 6.45) is 1.75. The zero-order valence-corrected chi connectivity index (χ0v) is 15.8. The van der Waals surface area contributed by atoms with E-state index in [2.05, 4.69) is 39.0 Å². The molecule has 0 aliphatic carbocycles. The summed E-state index contributed by atoms with van der Waals surface area (Å²) in [7, 11) is 4.02. The fourth-order valence-electron chi connectivity index (χ4n) is 3.25. The highest BCUT2D eigenvalue weighted by Gasteiger charge is 2.32. The molecule has 0 atom stereocenters. The lowest BCUT2D eigenvalue weighted by molar-refractivity contribution is -0.122. The second kappa shape index (κ2) is 6.71. The van der Waals surface area contributed by atoms with E-state index in [9.17, 15) is 9.59 Å². The largest absolute Gasteiger partial charge is 0.378 e. The van der Waals surface area contributed by atoms with Crippen molar-refractivity contribution in [3.63, 3.8) is 0 Å². The van der Waals surface area contributed by atoms with Gasteiger partial charge in [-0.2, -0.15) is 0 Å². The average molecular weight is 352 g/mol. The first kappa shape index (κ1) is 17.8. The molecule has 0 bridgehead atoms. The van der Waals surface area contributed by atoms with Crippen LogP contribution in [-0.2, 0) is 4.79 Å². The van der Waals surface area contributed by atoms with Gasteiger partial charge in [0.05, 0.1) is 0 Å². The third-order valence-corrected chi connectivity index (χ3v) is 4.67. The molecule has 0 spiro atoms. The van der Waals surface area contributed by atoms with Crippen LogP contribution in [0.3, 0.4) is 0 Å². The second-order valence-electron chi connectivity index (χ2n) is 6.61. The average Bonchev–Trinajstić information content (AvgIpc) is 3.03. The Morgan fingerprint density at radius 3 is 2.31 bits per heavy atom. The van der Waals surface area contributed by atoms with Crippen molar-refractivity contribution in [1.29, 1.82) is 0 Å². The van der Waals surface area contributed by atoms with Crippen molar-refractivity contribution in [3.05, 3.63) is 53.0 Å². The summed E-state index contributed by atoms with van der Waals surface area (Å²) in [5.41, 5.74) is 5.52.